The van der Waals surface area contributed by atoms with E-state index in [0.717, 1.165) is 39.2 Å². The Balaban J connectivity index is 1.22. The largest absolute Gasteiger partial charge is 0.224 e. The molecule has 1 aromatic heterocycles. The summed E-state index contributed by atoms with van der Waals surface area (Å²) in [6, 6.07) is 62.1. The molecule has 1 heterocycles. The number of rotatable bonds is 4. The Morgan fingerprint density at radius 1 is 0.426 bits per heavy atom. The van der Waals surface area contributed by atoms with E-state index in [2.05, 4.69) is 129 Å². The number of hydrogen-bond acceptors (Lipinski definition) is 4. The van der Waals surface area contributed by atoms with E-state index < -0.39 is 5.41 Å². The number of hydrogen-bond donors (Lipinski definition) is 0. The van der Waals surface area contributed by atoms with Crippen LogP contribution in [0.15, 0.2) is 170 Å². The highest BCUT2D eigenvalue weighted by Gasteiger charge is 2.53. The average Bonchev–Trinajstić information content (AvgIpc) is 3.53. The molecule has 254 valence electrons. The summed E-state index contributed by atoms with van der Waals surface area (Å²) in [5, 5.41) is 19.2. The Kier molecular flexibility index (Phi) is 7.08. The van der Waals surface area contributed by atoms with Crippen LogP contribution in [0.4, 0.5) is 0 Å². The van der Waals surface area contributed by atoms with Gasteiger partial charge in [-0.15, -0.1) is 10.2 Å². The smallest absolute Gasteiger partial charge is 0.182 e. The maximum atomic E-state index is 9.53. The lowest BCUT2D eigenvalue weighted by atomic mass is 9.55. The summed E-state index contributed by atoms with van der Waals surface area (Å²) in [7, 11) is 0. The summed E-state index contributed by atoms with van der Waals surface area (Å²) in [6.45, 7) is 4.70. The van der Waals surface area contributed by atoms with Crippen molar-refractivity contribution in [2.24, 2.45) is 0 Å². The van der Waals surface area contributed by atoms with Crippen molar-refractivity contribution >= 4 is 0 Å². The van der Waals surface area contributed by atoms with E-state index in [4.69, 9.17) is 15.2 Å². The predicted octanol–water partition coefficient (Wildman–Crippen LogP) is 11.4. The molecule has 0 bridgehead atoms. The predicted molar refractivity (Wildman–Crippen MR) is 216 cm³/mol. The molecule has 2 aliphatic carbocycles. The molecule has 4 heteroatoms. The summed E-state index contributed by atoms with van der Waals surface area (Å²) < 4.78 is 0. The first-order valence-corrected chi connectivity index (χ1v) is 18.3. The second-order valence-corrected chi connectivity index (χ2v) is 14.7. The first-order chi connectivity index (χ1) is 26.5. The Morgan fingerprint density at radius 2 is 1.00 bits per heavy atom. The normalized spacial score (nSPS) is 14.0. The van der Waals surface area contributed by atoms with E-state index in [-0.39, 0.29) is 5.41 Å². The second-order valence-electron chi connectivity index (χ2n) is 14.7. The maximum absolute atomic E-state index is 9.53. The van der Waals surface area contributed by atoms with Crippen molar-refractivity contribution in [1.29, 1.82) is 5.26 Å². The summed E-state index contributed by atoms with van der Waals surface area (Å²) in [5.74, 6) is 0.538. The third-order valence-corrected chi connectivity index (χ3v) is 11.5. The minimum Gasteiger partial charge on any atom is -0.224 e. The molecule has 54 heavy (non-hydrogen) atoms. The van der Waals surface area contributed by atoms with Gasteiger partial charge in [0.25, 0.3) is 0 Å². The van der Waals surface area contributed by atoms with Crippen LogP contribution in [0.3, 0.4) is 0 Å². The molecule has 2 aliphatic rings. The Bertz CT molecular complexity index is 2780. The molecule has 0 amide bonds. The Morgan fingerprint density at radius 3 is 1.72 bits per heavy atom. The van der Waals surface area contributed by atoms with Crippen molar-refractivity contribution in [3.8, 4) is 62.2 Å². The van der Waals surface area contributed by atoms with Gasteiger partial charge in [0.1, 0.15) is 11.4 Å². The van der Waals surface area contributed by atoms with Gasteiger partial charge in [-0.3, -0.25) is 0 Å². The number of nitrogens with zero attached hydrogens (tertiary/aromatic N) is 4. The van der Waals surface area contributed by atoms with E-state index in [0.29, 0.717) is 11.4 Å². The molecule has 0 saturated carbocycles. The summed E-state index contributed by atoms with van der Waals surface area (Å²) in [5.41, 5.74) is 16.5. The molecule has 0 atom stereocenters. The van der Waals surface area contributed by atoms with Crippen LogP contribution in [-0.2, 0) is 10.8 Å². The molecule has 0 saturated heterocycles. The minimum absolute atomic E-state index is 0.176. The zero-order chi connectivity index (χ0) is 36.4. The van der Waals surface area contributed by atoms with Crippen LogP contribution in [0.2, 0.25) is 0 Å². The van der Waals surface area contributed by atoms with Gasteiger partial charge in [-0.1, -0.05) is 159 Å². The molecule has 0 fully saturated rings. The van der Waals surface area contributed by atoms with Crippen molar-refractivity contribution in [3.63, 3.8) is 0 Å². The van der Waals surface area contributed by atoms with Crippen LogP contribution in [0.1, 0.15) is 52.8 Å². The summed E-state index contributed by atoms with van der Waals surface area (Å²) >= 11 is 0. The van der Waals surface area contributed by atoms with Gasteiger partial charge in [0, 0.05) is 22.1 Å². The van der Waals surface area contributed by atoms with Crippen molar-refractivity contribution < 1.29 is 0 Å². The zero-order valence-electron chi connectivity index (χ0n) is 30.0. The van der Waals surface area contributed by atoms with E-state index in [1.54, 1.807) is 0 Å². The minimum atomic E-state index is -0.521. The van der Waals surface area contributed by atoms with Crippen LogP contribution in [0.5, 0.6) is 0 Å². The van der Waals surface area contributed by atoms with Crippen molar-refractivity contribution in [3.05, 3.63) is 209 Å². The number of nitriles is 1. The summed E-state index contributed by atoms with van der Waals surface area (Å²) in [4.78, 5) is 5.35. The second kappa shape index (κ2) is 12.0. The SMILES string of the molecule is CC1(C)c2ccccc2C2(c3ccccc3-c3ccc(-c4nc(-c5cccc(-c6cccc(C#N)c6)c5)nnc4-c4ccccc4)cc32)c2ccccc21. The molecule has 7 aromatic carbocycles. The number of benzene rings is 7. The van der Waals surface area contributed by atoms with E-state index in [1.807, 2.05) is 60.7 Å². The fourth-order valence-corrected chi connectivity index (χ4v) is 9.05. The van der Waals surface area contributed by atoms with Crippen LogP contribution in [0, 0.1) is 11.3 Å². The fraction of sp³-hybridized carbons (Fsp3) is 0.0800. The first-order valence-electron chi connectivity index (χ1n) is 18.3. The average molecular weight is 691 g/mol. The van der Waals surface area contributed by atoms with Crippen LogP contribution < -0.4 is 0 Å². The van der Waals surface area contributed by atoms with Crippen LogP contribution >= 0.6 is 0 Å². The highest BCUT2D eigenvalue weighted by molar-refractivity contribution is 5.91. The Labute approximate surface area is 315 Å². The van der Waals surface area contributed by atoms with Crippen molar-refractivity contribution in [1.82, 2.24) is 15.2 Å². The number of fused-ring (bicyclic) bond motifs is 9. The van der Waals surface area contributed by atoms with Gasteiger partial charge in [-0.25, -0.2) is 4.98 Å². The molecule has 8 aromatic rings. The van der Waals surface area contributed by atoms with Gasteiger partial charge >= 0.3 is 0 Å². The van der Waals surface area contributed by atoms with Gasteiger partial charge in [0.2, 0.25) is 0 Å². The molecule has 4 nitrogen and oxygen atoms in total. The molecule has 0 unspecified atom stereocenters. The van der Waals surface area contributed by atoms with Crippen molar-refractivity contribution in [2.75, 3.05) is 0 Å². The molecule has 0 radical (unpaired) electrons. The third-order valence-electron chi connectivity index (χ3n) is 11.5. The van der Waals surface area contributed by atoms with Gasteiger partial charge in [-0.05, 0) is 79.9 Å². The quantitative estimate of drug-likeness (QED) is 0.184. The standard InChI is InChI=1S/C50H34N4/c1-49(2)41-22-8-10-24-43(41)50(44-25-11-9-23-42(44)49)40-21-7-6-20-38(40)39-27-26-36(30-45(39)50)46-47(33-15-4-3-5-16-33)53-54-48(52-46)37-19-13-18-35(29-37)34-17-12-14-32(28-34)31-51/h3-30H,1-2H3. The van der Waals surface area contributed by atoms with E-state index in [1.165, 1.54) is 44.5 Å². The van der Waals surface area contributed by atoms with Gasteiger partial charge in [0.15, 0.2) is 5.82 Å². The van der Waals surface area contributed by atoms with Crippen LogP contribution in [0.25, 0.3) is 56.2 Å². The zero-order valence-corrected chi connectivity index (χ0v) is 30.0. The Hall–Kier alpha value is -6.96. The third kappa shape index (κ3) is 4.58. The molecule has 0 aliphatic heterocycles. The van der Waals surface area contributed by atoms with Gasteiger partial charge in [-0.2, -0.15) is 5.26 Å². The molecule has 0 N–H and O–H groups in total. The van der Waals surface area contributed by atoms with E-state index >= 15 is 0 Å². The topological polar surface area (TPSA) is 62.5 Å². The molecule has 10 rings (SSSR count). The molecule has 1 spiro atoms. The van der Waals surface area contributed by atoms with Crippen LogP contribution in [-0.4, -0.2) is 15.2 Å². The van der Waals surface area contributed by atoms with Crippen molar-refractivity contribution in [2.45, 2.75) is 24.7 Å². The molecular weight excluding hydrogens is 657 g/mol. The number of aromatic nitrogens is 3. The monoisotopic (exact) mass is 690 g/mol. The first kappa shape index (κ1) is 31.7. The van der Waals surface area contributed by atoms with Gasteiger partial charge in [0.05, 0.1) is 17.0 Å². The lowest BCUT2D eigenvalue weighted by molar-refractivity contribution is 0.563. The summed E-state index contributed by atoms with van der Waals surface area (Å²) in [6.07, 6.45) is 0. The lowest BCUT2D eigenvalue weighted by Crippen LogP contribution is -2.40. The highest BCUT2D eigenvalue weighted by Crippen LogP contribution is 2.62. The maximum Gasteiger partial charge on any atom is 0.182 e. The molecular formula is C50H34N4. The van der Waals surface area contributed by atoms with Gasteiger partial charge < -0.3 is 0 Å². The van der Waals surface area contributed by atoms with E-state index in [9.17, 15) is 5.26 Å². The highest BCUT2D eigenvalue weighted by atomic mass is 15.2. The lowest BCUT2D eigenvalue weighted by Gasteiger charge is -2.46. The fourth-order valence-electron chi connectivity index (χ4n) is 9.05.